The lowest BCUT2D eigenvalue weighted by Gasteiger charge is -2.36. The van der Waals surface area contributed by atoms with Crippen LogP contribution in [0.15, 0.2) is 24.5 Å². The molecule has 2 heterocycles. The molecule has 1 aliphatic heterocycles. The van der Waals surface area contributed by atoms with Crippen molar-refractivity contribution in [3.63, 3.8) is 0 Å². The van der Waals surface area contributed by atoms with Crippen LogP contribution in [0.1, 0.15) is 47.5 Å². The van der Waals surface area contributed by atoms with Crippen molar-refractivity contribution in [3.8, 4) is 0 Å². The number of piperidine rings is 1. The molecule has 1 aromatic rings. The molecule has 1 saturated heterocycles. The first-order valence-electron chi connectivity index (χ1n) is 9.04. The van der Waals surface area contributed by atoms with Crippen LogP contribution in [0.3, 0.4) is 0 Å². The topological polar surface area (TPSA) is 66.5 Å². The lowest BCUT2D eigenvalue weighted by molar-refractivity contribution is 0.0470. The predicted octanol–water partition coefficient (Wildman–Crippen LogP) is 2.94. The van der Waals surface area contributed by atoms with Crippen LogP contribution in [-0.4, -0.2) is 47.9 Å². The molecular formula is C19H32N4O2. The van der Waals surface area contributed by atoms with Gasteiger partial charge in [0.1, 0.15) is 5.60 Å². The maximum absolute atomic E-state index is 12.0. The van der Waals surface area contributed by atoms with Crippen molar-refractivity contribution in [1.29, 1.82) is 0 Å². The van der Waals surface area contributed by atoms with E-state index in [1.165, 1.54) is 5.69 Å². The van der Waals surface area contributed by atoms with Crippen LogP contribution < -0.4 is 15.5 Å². The van der Waals surface area contributed by atoms with Crippen molar-refractivity contribution < 1.29 is 9.53 Å². The summed E-state index contributed by atoms with van der Waals surface area (Å²) in [7, 11) is 0. The van der Waals surface area contributed by atoms with Crippen molar-refractivity contribution in [1.82, 2.24) is 15.6 Å². The second kappa shape index (κ2) is 8.04. The van der Waals surface area contributed by atoms with E-state index in [4.69, 9.17) is 4.74 Å². The average Bonchev–Trinajstić information content (AvgIpc) is 2.52. The molecule has 0 aliphatic carbocycles. The van der Waals surface area contributed by atoms with Crippen molar-refractivity contribution in [2.24, 2.45) is 0 Å². The Kier molecular flexibility index (Phi) is 6.27. The monoisotopic (exact) mass is 348 g/mol. The van der Waals surface area contributed by atoms with Crippen LogP contribution in [0, 0.1) is 0 Å². The Balaban J connectivity index is 1.73. The number of hydrogen-bond donors (Lipinski definition) is 2. The highest BCUT2D eigenvalue weighted by molar-refractivity contribution is 5.68. The van der Waals surface area contributed by atoms with Gasteiger partial charge in [-0.3, -0.25) is 4.98 Å². The summed E-state index contributed by atoms with van der Waals surface area (Å²) < 4.78 is 5.34. The first-order valence-corrected chi connectivity index (χ1v) is 9.04. The summed E-state index contributed by atoms with van der Waals surface area (Å²) in [5.74, 6) is 0. The first kappa shape index (κ1) is 19.5. The van der Waals surface area contributed by atoms with Gasteiger partial charge < -0.3 is 20.3 Å². The zero-order chi connectivity index (χ0) is 18.5. The molecule has 0 radical (unpaired) electrons. The minimum absolute atomic E-state index is 0.357. The molecule has 140 valence electrons. The summed E-state index contributed by atoms with van der Waals surface area (Å²) in [6, 6.07) is 4.58. The van der Waals surface area contributed by atoms with Crippen LogP contribution >= 0.6 is 0 Å². The second-order valence-corrected chi connectivity index (χ2v) is 8.36. The van der Waals surface area contributed by atoms with Gasteiger partial charge in [-0.15, -0.1) is 0 Å². The standard InChI is InChI=1S/C19H32N4O2/c1-18(2,3)25-17(24)22-19(4,5)14-21-15-8-12-23(13-9-15)16-6-10-20-11-7-16/h6-7,10-11,15,21H,8-9,12-14H2,1-5H3,(H,22,24). The molecule has 6 heteroatoms. The van der Waals surface area contributed by atoms with Crippen LogP contribution in [0.5, 0.6) is 0 Å². The normalized spacial score (nSPS) is 16.6. The van der Waals surface area contributed by atoms with E-state index in [1.54, 1.807) is 0 Å². The number of carbonyl (C=O) groups is 1. The lowest BCUT2D eigenvalue weighted by Crippen LogP contribution is -2.54. The SMILES string of the molecule is CC(C)(CNC1CCN(c2ccncc2)CC1)NC(=O)OC(C)(C)C. The number of nitrogens with zero attached hydrogens (tertiary/aromatic N) is 2. The summed E-state index contributed by atoms with van der Waals surface area (Å²) in [5, 5.41) is 6.54. The molecule has 1 amide bonds. The molecule has 6 nitrogen and oxygen atoms in total. The number of nitrogens with one attached hydrogen (secondary N) is 2. The van der Waals surface area contributed by atoms with Crippen molar-refractivity contribution >= 4 is 11.8 Å². The van der Waals surface area contributed by atoms with Gasteiger partial charge in [0.05, 0.1) is 5.54 Å². The van der Waals surface area contributed by atoms with Gasteiger partial charge in [-0.1, -0.05) is 0 Å². The Labute approximate surface area is 151 Å². The molecule has 1 fully saturated rings. The van der Waals surface area contributed by atoms with E-state index in [-0.39, 0.29) is 11.6 Å². The molecule has 0 unspecified atom stereocenters. The molecule has 1 aromatic heterocycles. The summed E-state index contributed by atoms with van der Waals surface area (Å²) in [6.45, 7) is 12.4. The van der Waals surface area contributed by atoms with Crippen LogP contribution in [0.25, 0.3) is 0 Å². The van der Waals surface area contributed by atoms with E-state index in [1.807, 2.05) is 47.0 Å². The van der Waals surface area contributed by atoms with E-state index < -0.39 is 5.60 Å². The molecule has 0 saturated carbocycles. The van der Waals surface area contributed by atoms with E-state index in [9.17, 15) is 4.79 Å². The van der Waals surface area contributed by atoms with Crippen molar-refractivity contribution in [2.45, 2.75) is 64.6 Å². The fourth-order valence-electron chi connectivity index (χ4n) is 2.92. The molecule has 0 atom stereocenters. The fourth-order valence-corrected chi connectivity index (χ4v) is 2.92. The maximum Gasteiger partial charge on any atom is 0.408 e. The minimum Gasteiger partial charge on any atom is -0.444 e. The van der Waals surface area contributed by atoms with Gasteiger partial charge in [0.2, 0.25) is 0 Å². The number of amides is 1. The molecular weight excluding hydrogens is 316 g/mol. The van der Waals surface area contributed by atoms with Crippen LogP contribution in [0.2, 0.25) is 0 Å². The van der Waals surface area contributed by atoms with Crippen molar-refractivity contribution in [2.75, 3.05) is 24.5 Å². The molecule has 0 bridgehead atoms. The number of hydrogen-bond acceptors (Lipinski definition) is 5. The number of pyridine rings is 1. The zero-order valence-corrected chi connectivity index (χ0v) is 16.1. The van der Waals surface area contributed by atoms with Gasteiger partial charge in [0.15, 0.2) is 0 Å². The molecule has 2 N–H and O–H groups in total. The summed E-state index contributed by atoms with van der Waals surface area (Å²) in [5.41, 5.74) is 0.401. The number of rotatable bonds is 5. The highest BCUT2D eigenvalue weighted by Crippen LogP contribution is 2.19. The fraction of sp³-hybridized carbons (Fsp3) is 0.684. The maximum atomic E-state index is 12.0. The highest BCUT2D eigenvalue weighted by Gasteiger charge is 2.26. The van der Waals surface area contributed by atoms with Gasteiger partial charge in [0, 0.05) is 43.8 Å². The number of anilines is 1. The molecule has 1 aliphatic rings. The highest BCUT2D eigenvalue weighted by atomic mass is 16.6. The second-order valence-electron chi connectivity index (χ2n) is 8.36. The number of alkyl carbamates (subject to hydrolysis) is 1. The third-order valence-corrected chi connectivity index (χ3v) is 4.19. The van der Waals surface area contributed by atoms with E-state index in [0.29, 0.717) is 12.6 Å². The van der Waals surface area contributed by atoms with Gasteiger partial charge >= 0.3 is 6.09 Å². The Morgan fingerprint density at radius 2 is 1.80 bits per heavy atom. The quantitative estimate of drug-likeness (QED) is 0.856. The third-order valence-electron chi connectivity index (χ3n) is 4.19. The predicted molar refractivity (Wildman–Crippen MR) is 101 cm³/mol. The number of aromatic nitrogens is 1. The molecule has 2 rings (SSSR count). The number of ether oxygens (including phenoxy) is 1. The van der Waals surface area contributed by atoms with Gasteiger partial charge in [-0.2, -0.15) is 0 Å². The van der Waals surface area contributed by atoms with E-state index >= 15 is 0 Å². The average molecular weight is 348 g/mol. The van der Waals surface area contributed by atoms with Crippen LogP contribution in [0.4, 0.5) is 10.5 Å². The lowest BCUT2D eigenvalue weighted by atomic mass is 10.0. The first-order chi connectivity index (χ1) is 11.6. The third kappa shape index (κ3) is 6.90. The van der Waals surface area contributed by atoms with Crippen molar-refractivity contribution in [3.05, 3.63) is 24.5 Å². The molecule has 0 aromatic carbocycles. The Morgan fingerprint density at radius 1 is 1.20 bits per heavy atom. The van der Waals surface area contributed by atoms with Gasteiger partial charge in [-0.05, 0) is 59.6 Å². The largest absolute Gasteiger partial charge is 0.444 e. The zero-order valence-electron chi connectivity index (χ0n) is 16.1. The summed E-state index contributed by atoms with van der Waals surface area (Å²) in [4.78, 5) is 18.4. The molecule has 25 heavy (non-hydrogen) atoms. The Morgan fingerprint density at radius 3 is 2.36 bits per heavy atom. The van der Waals surface area contributed by atoms with E-state index in [2.05, 4.69) is 32.7 Å². The van der Waals surface area contributed by atoms with E-state index in [0.717, 1.165) is 25.9 Å². The van der Waals surface area contributed by atoms with Crippen LogP contribution in [-0.2, 0) is 4.74 Å². The number of carbonyl (C=O) groups excluding carboxylic acids is 1. The molecule has 0 spiro atoms. The summed E-state index contributed by atoms with van der Waals surface area (Å²) >= 11 is 0. The Bertz CT molecular complexity index is 546. The Hall–Kier alpha value is -1.82. The van der Waals surface area contributed by atoms with Gasteiger partial charge in [-0.25, -0.2) is 4.79 Å². The van der Waals surface area contributed by atoms with Gasteiger partial charge in [0.25, 0.3) is 0 Å². The minimum atomic E-state index is -0.479. The summed E-state index contributed by atoms with van der Waals surface area (Å²) in [6.07, 6.45) is 5.48. The smallest absolute Gasteiger partial charge is 0.408 e.